The van der Waals surface area contributed by atoms with Gasteiger partial charge in [-0.25, -0.2) is 0 Å². The van der Waals surface area contributed by atoms with E-state index in [0.29, 0.717) is 5.92 Å². The van der Waals surface area contributed by atoms with Crippen molar-refractivity contribution in [3.63, 3.8) is 0 Å². The Hall–Kier alpha value is -0.210. The van der Waals surface area contributed by atoms with E-state index < -0.39 is 0 Å². The number of thioether (sulfide) groups is 1. The van der Waals surface area contributed by atoms with E-state index >= 15 is 0 Å². The summed E-state index contributed by atoms with van der Waals surface area (Å²) >= 11 is 1.96. The first-order valence-corrected chi connectivity index (χ1v) is 5.52. The number of allylic oxidation sites excluding steroid dienone is 2. The second-order valence-corrected chi connectivity index (χ2v) is 4.32. The fourth-order valence-corrected chi connectivity index (χ4v) is 2.63. The van der Waals surface area contributed by atoms with Crippen LogP contribution in [0.1, 0.15) is 12.8 Å². The van der Waals surface area contributed by atoms with Gasteiger partial charge in [0, 0.05) is 18.3 Å². The molecule has 2 rings (SSSR count). The van der Waals surface area contributed by atoms with Gasteiger partial charge in [-0.1, -0.05) is 18.2 Å². The summed E-state index contributed by atoms with van der Waals surface area (Å²) in [7, 11) is 0. The van der Waals surface area contributed by atoms with E-state index in [1.807, 2.05) is 11.8 Å². The average Bonchev–Trinajstić information content (AvgIpc) is 2.21. The van der Waals surface area contributed by atoms with Gasteiger partial charge in [0.05, 0.1) is 6.61 Å². The molecule has 1 atom stereocenters. The lowest BCUT2D eigenvalue weighted by Crippen LogP contribution is -2.18. The van der Waals surface area contributed by atoms with Crippen molar-refractivity contribution < 1.29 is 4.74 Å². The van der Waals surface area contributed by atoms with Crippen LogP contribution in [0.4, 0.5) is 0 Å². The summed E-state index contributed by atoms with van der Waals surface area (Å²) in [4.78, 5) is 1.53. The standard InChI is InChI=1S/C10H14OS/c1-2-7-12-10(5-1)9-4-3-6-11-8-9/h1-2,5,9H,3-4,6-8H2. The molecule has 0 aromatic rings. The molecule has 0 aromatic heterocycles. The Balaban J connectivity index is 1.97. The Kier molecular flexibility index (Phi) is 2.90. The molecule has 0 spiro atoms. The van der Waals surface area contributed by atoms with Gasteiger partial charge in [-0.3, -0.25) is 0 Å². The molecule has 2 heterocycles. The van der Waals surface area contributed by atoms with Gasteiger partial charge in [0.2, 0.25) is 0 Å². The topological polar surface area (TPSA) is 9.23 Å². The number of hydrogen-bond acceptors (Lipinski definition) is 2. The Morgan fingerprint density at radius 2 is 2.50 bits per heavy atom. The fraction of sp³-hybridized carbons (Fsp3) is 0.600. The summed E-state index contributed by atoms with van der Waals surface area (Å²) in [5, 5.41) is 0. The monoisotopic (exact) mass is 182 g/mol. The van der Waals surface area contributed by atoms with Crippen LogP contribution in [0.3, 0.4) is 0 Å². The Morgan fingerprint density at radius 1 is 1.50 bits per heavy atom. The zero-order valence-electron chi connectivity index (χ0n) is 7.16. The van der Waals surface area contributed by atoms with E-state index in [4.69, 9.17) is 4.74 Å². The van der Waals surface area contributed by atoms with Crippen molar-refractivity contribution in [2.45, 2.75) is 12.8 Å². The van der Waals surface area contributed by atoms with E-state index in [-0.39, 0.29) is 0 Å². The molecule has 2 heteroatoms. The van der Waals surface area contributed by atoms with Gasteiger partial charge in [-0.05, 0) is 17.7 Å². The number of hydrogen-bond donors (Lipinski definition) is 0. The first kappa shape index (κ1) is 8.39. The van der Waals surface area contributed by atoms with E-state index in [1.165, 1.54) is 17.7 Å². The van der Waals surface area contributed by atoms with E-state index in [2.05, 4.69) is 18.2 Å². The second-order valence-electron chi connectivity index (χ2n) is 3.22. The lowest BCUT2D eigenvalue weighted by Gasteiger charge is -2.24. The highest BCUT2D eigenvalue weighted by molar-refractivity contribution is 8.03. The van der Waals surface area contributed by atoms with E-state index in [9.17, 15) is 0 Å². The summed E-state index contributed by atoms with van der Waals surface area (Å²) < 4.78 is 5.46. The zero-order valence-corrected chi connectivity index (χ0v) is 7.98. The molecule has 12 heavy (non-hydrogen) atoms. The van der Waals surface area contributed by atoms with Crippen molar-refractivity contribution in [2.24, 2.45) is 5.92 Å². The maximum Gasteiger partial charge on any atom is 0.0539 e. The first-order valence-electron chi connectivity index (χ1n) is 4.54. The highest BCUT2D eigenvalue weighted by atomic mass is 32.2. The second kappa shape index (κ2) is 4.15. The molecule has 1 unspecified atom stereocenters. The largest absolute Gasteiger partial charge is 0.381 e. The Morgan fingerprint density at radius 3 is 3.17 bits per heavy atom. The highest BCUT2D eigenvalue weighted by Gasteiger charge is 2.18. The summed E-state index contributed by atoms with van der Waals surface area (Å²) in [6.45, 7) is 1.90. The molecule has 2 aliphatic rings. The van der Waals surface area contributed by atoms with Crippen molar-refractivity contribution in [1.82, 2.24) is 0 Å². The molecule has 0 aromatic carbocycles. The van der Waals surface area contributed by atoms with Gasteiger partial charge in [0.15, 0.2) is 0 Å². The number of ether oxygens (including phenoxy) is 1. The predicted octanol–water partition coefficient (Wildman–Crippen LogP) is 2.60. The summed E-state index contributed by atoms with van der Waals surface area (Å²) in [6, 6.07) is 0. The zero-order chi connectivity index (χ0) is 8.23. The molecular weight excluding hydrogens is 168 g/mol. The quantitative estimate of drug-likeness (QED) is 0.616. The van der Waals surface area contributed by atoms with Crippen LogP contribution >= 0.6 is 11.8 Å². The normalized spacial score (nSPS) is 30.0. The highest BCUT2D eigenvalue weighted by Crippen LogP contribution is 2.32. The first-order chi connectivity index (χ1) is 5.97. The van der Waals surface area contributed by atoms with Crippen molar-refractivity contribution in [1.29, 1.82) is 0 Å². The van der Waals surface area contributed by atoms with Crippen LogP contribution in [-0.2, 0) is 4.74 Å². The van der Waals surface area contributed by atoms with Crippen LogP contribution in [0.15, 0.2) is 23.1 Å². The van der Waals surface area contributed by atoms with Crippen molar-refractivity contribution in [3.8, 4) is 0 Å². The Bertz CT molecular complexity index is 202. The minimum absolute atomic E-state index is 0.689. The third-order valence-corrected chi connectivity index (χ3v) is 3.47. The van der Waals surface area contributed by atoms with Crippen LogP contribution in [0.5, 0.6) is 0 Å². The molecule has 66 valence electrons. The average molecular weight is 182 g/mol. The van der Waals surface area contributed by atoms with E-state index in [1.54, 1.807) is 0 Å². The lowest BCUT2D eigenvalue weighted by molar-refractivity contribution is 0.0699. The van der Waals surface area contributed by atoms with Gasteiger partial charge in [0.25, 0.3) is 0 Å². The predicted molar refractivity (Wildman–Crippen MR) is 53.2 cm³/mol. The fourth-order valence-electron chi connectivity index (χ4n) is 1.63. The van der Waals surface area contributed by atoms with Crippen LogP contribution in [-0.4, -0.2) is 19.0 Å². The van der Waals surface area contributed by atoms with Crippen LogP contribution in [0, 0.1) is 5.92 Å². The molecule has 1 saturated heterocycles. The molecule has 0 bridgehead atoms. The van der Waals surface area contributed by atoms with Gasteiger partial charge >= 0.3 is 0 Å². The van der Waals surface area contributed by atoms with Gasteiger partial charge in [-0.2, -0.15) is 0 Å². The maximum absolute atomic E-state index is 5.46. The maximum atomic E-state index is 5.46. The van der Waals surface area contributed by atoms with Crippen LogP contribution in [0.2, 0.25) is 0 Å². The molecule has 2 aliphatic heterocycles. The third-order valence-electron chi connectivity index (χ3n) is 2.31. The molecule has 0 radical (unpaired) electrons. The summed E-state index contributed by atoms with van der Waals surface area (Å²) in [5.41, 5.74) is 0. The molecule has 0 amide bonds. The van der Waals surface area contributed by atoms with Crippen molar-refractivity contribution in [3.05, 3.63) is 23.1 Å². The number of rotatable bonds is 1. The van der Waals surface area contributed by atoms with Crippen molar-refractivity contribution in [2.75, 3.05) is 19.0 Å². The molecule has 1 fully saturated rings. The van der Waals surface area contributed by atoms with Crippen LogP contribution < -0.4 is 0 Å². The molecule has 0 aliphatic carbocycles. The SMILES string of the molecule is C1=CCSC(C2CCCOC2)=C1. The van der Waals surface area contributed by atoms with E-state index in [0.717, 1.165) is 19.0 Å². The van der Waals surface area contributed by atoms with Gasteiger partial charge < -0.3 is 4.74 Å². The molecule has 0 saturated carbocycles. The van der Waals surface area contributed by atoms with Gasteiger partial charge in [0.1, 0.15) is 0 Å². The molecular formula is C10H14OS. The summed E-state index contributed by atoms with van der Waals surface area (Å²) in [5.74, 6) is 1.83. The summed E-state index contributed by atoms with van der Waals surface area (Å²) in [6.07, 6.45) is 9.16. The molecule has 0 N–H and O–H groups in total. The smallest absolute Gasteiger partial charge is 0.0539 e. The third kappa shape index (κ3) is 1.93. The minimum Gasteiger partial charge on any atom is -0.381 e. The lowest BCUT2D eigenvalue weighted by atomic mass is 10.0. The Labute approximate surface area is 77.9 Å². The minimum atomic E-state index is 0.689. The van der Waals surface area contributed by atoms with Crippen LogP contribution in [0.25, 0.3) is 0 Å². The van der Waals surface area contributed by atoms with Crippen molar-refractivity contribution >= 4 is 11.8 Å². The molecule has 1 nitrogen and oxygen atoms in total. The van der Waals surface area contributed by atoms with Gasteiger partial charge in [-0.15, -0.1) is 11.8 Å².